The van der Waals surface area contributed by atoms with Gasteiger partial charge in [-0.1, -0.05) is 20.8 Å². The van der Waals surface area contributed by atoms with Gasteiger partial charge in [0.25, 0.3) is 0 Å². The largest absolute Gasteiger partial charge is 0.480 e. The second-order valence-electron chi connectivity index (χ2n) is 6.46. The molecular weight excluding hydrogens is 308 g/mol. The van der Waals surface area contributed by atoms with Crippen LogP contribution in [0.15, 0.2) is 0 Å². The number of rotatable bonds is 7. The Morgan fingerprint density at radius 1 is 1.18 bits per heavy atom. The predicted molar refractivity (Wildman–Crippen MR) is 82.7 cm³/mol. The lowest BCUT2D eigenvalue weighted by molar-refractivity contribution is -0.142. The molecule has 0 heterocycles. The van der Waals surface area contributed by atoms with Crippen LogP contribution in [0.25, 0.3) is 0 Å². The summed E-state index contributed by atoms with van der Waals surface area (Å²) in [6.45, 7) is 5.43. The summed E-state index contributed by atoms with van der Waals surface area (Å²) in [4.78, 5) is 22.8. The van der Waals surface area contributed by atoms with Crippen molar-refractivity contribution in [1.82, 2.24) is 10.0 Å². The van der Waals surface area contributed by atoms with Crippen LogP contribution in [0.5, 0.6) is 0 Å². The van der Waals surface area contributed by atoms with E-state index in [1.54, 1.807) is 13.8 Å². The number of nitrogens with one attached hydrogen (secondary N) is 2. The molecule has 1 aliphatic carbocycles. The number of aliphatic carboxylic acids is 1. The van der Waals surface area contributed by atoms with E-state index in [0.717, 1.165) is 25.7 Å². The summed E-state index contributed by atoms with van der Waals surface area (Å²) in [7, 11) is -3.75. The molecule has 0 aromatic heterocycles. The number of sulfonamides is 1. The maximum absolute atomic E-state index is 12.0. The van der Waals surface area contributed by atoms with Gasteiger partial charge in [-0.05, 0) is 37.5 Å². The number of carboxylic acid groups (broad SMARTS) is 1. The zero-order chi connectivity index (χ0) is 16.9. The fourth-order valence-electron chi connectivity index (χ4n) is 2.57. The van der Waals surface area contributed by atoms with Gasteiger partial charge in [0, 0.05) is 6.04 Å². The van der Waals surface area contributed by atoms with Crippen molar-refractivity contribution in [3.05, 3.63) is 0 Å². The van der Waals surface area contributed by atoms with Gasteiger partial charge >= 0.3 is 5.97 Å². The van der Waals surface area contributed by atoms with Gasteiger partial charge in [-0.25, -0.2) is 17.9 Å². The average Bonchev–Trinajstić information content (AvgIpc) is 2.37. The summed E-state index contributed by atoms with van der Waals surface area (Å²) >= 11 is 0. The summed E-state index contributed by atoms with van der Waals surface area (Å²) in [6.07, 6.45) is 3.47. The zero-order valence-corrected chi connectivity index (χ0v) is 14.1. The van der Waals surface area contributed by atoms with Crippen molar-refractivity contribution >= 4 is 21.9 Å². The summed E-state index contributed by atoms with van der Waals surface area (Å²) in [5, 5.41) is 11.3. The van der Waals surface area contributed by atoms with E-state index in [1.165, 1.54) is 0 Å². The van der Waals surface area contributed by atoms with Crippen LogP contribution in [0.1, 0.15) is 46.5 Å². The van der Waals surface area contributed by atoms with Crippen molar-refractivity contribution < 1.29 is 23.1 Å². The molecule has 7 nitrogen and oxygen atoms in total. The number of carbonyl (C=O) groups is 2. The van der Waals surface area contributed by atoms with E-state index in [0.29, 0.717) is 5.92 Å². The standard InChI is InChI=1S/C14H26N2O5S/c1-9(2)13(14(18)19)15-12(17)8-22(20,21)16-11-6-4-10(3)5-7-11/h9-11,13,16H,4-8H2,1-3H3,(H,15,17)(H,18,19)/t10?,11?,13-/m0/s1. The van der Waals surface area contributed by atoms with Crippen LogP contribution < -0.4 is 10.0 Å². The highest BCUT2D eigenvalue weighted by Crippen LogP contribution is 2.23. The van der Waals surface area contributed by atoms with E-state index in [2.05, 4.69) is 17.0 Å². The third kappa shape index (κ3) is 6.31. The van der Waals surface area contributed by atoms with Gasteiger partial charge < -0.3 is 10.4 Å². The molecule has 1 aliphatic rings. The Bertz CT molecular complexity index is 495. The quantitative estimate of drug-likeness (QED) is 0.635. The molecular formula is C14H26N2O5S. The summed E-state index contributed by atoms with van der Waals surface area (Å²) < 4.78 is 26.5. The van der Waals surface area contributed by atoms with Crippen molar-refractivity contribution in [2.24, 2.45) is 11.8 Å². The second kappa shape index (κ2) is 7.92. The Kier molecular flexibility index (Phi) is 6.80. The van der Waals surface area contributed by atoms with E-state index in [-0.39, 0.29) is 12.0 Å². The number of carbonyl (C=O) groups excluding carboxylic acids is 1. The molecule has 1 saturated carbocycles. The Morgan fingerprint density at radius 2 is 1.73 bits per heavy atom. The Balaban J connectivity index is 2.53. The normalized spacial score (nSPS) is 24.0. The Morgan fingerprint density at radius 3 is 2.18 bits per heavy atom. The van der Waals surface area contributed by atoms with E-state index >= 15 is 0 Å². The smallest absolute Gasteiger partial charge is 0.326 e. The highest BCUT2D eigenvalue weighted by Gasteiger charge is 2.28. The van der Waals surface area contributed by atoms with Gasteiger partial charge in [0.05, 0.1) is 0 Å². The predicted octanol–water partition coefficient (Wildman–Crippen LogP) is 0.710. The molecule has 0 spiro atoms. The molecule has 0 bridgehead atoms. The van der Waals surface area contributed by atoms with Crippen LogP contribution >= 0.6 is 0 Å². The molecule has 1 atom stereocenters. The minimum Gasteiger partial charge on any atom is -0.480 e. The second-order valence-corrected chi connectivity index (χ2v) is 8.22. The summed E-state index contributed by atoms with van der Waals surface area (Å²) in [6, 6.07) is -1.22. The zero-order valence-electron chi connectivity index (χ0n) is 13.3. The first-order valence-electron chi connectivity index (χ1n) is 7.63. The Hall–Kier alpha value is -1.15. The molecule has 0 aromatic carbocycles. The van der Waals surface area contributed by atoms with Crippen molar-refractivity contribution in [3.8, 4) is 0 Å². The van der Waals surface area contributed by atoms with Crippen molar-refractivity contribution in [2.45, 2.75) is 58.5 Å². The Labute approximate surface area is 131 Å². The third-order valence-electron chi connectivity index (χ3n) is 3.93. The topological polar surface area (TPSA) is 113 Å². The lowest BCUT2D eigenvalue weighted by Crippen LogP contribution is -2.48. The first-order valence-corrected chi connectivity index (χ1v) is 9.28. The van der Waals surface area contributed by atoms with Crippen LogP contribution in [0.2, 0.25) is 0 Å². The molecule has 22 heavy (non-hydrogen) atoms. The fraction of sp³-hybridized carbons (Fsp3) is 0.857. The monoisotopic (exact) mass is 334 g/mol. The van der Waals surface area contributed by atoms with Gasteiger partial charge in [-0.15, -0.1) is 0 Å². The SMILES string of the molecule is CC1CCC(NS(=O)(=O)CC(=O)N[C@H](C(=O)O)C(C)C)CC1. The van der Waals surface area contributed by atoms with Gasteiger partial charge in [0.1, 0.15) is 11.8 Å². The van der Waals surface area contributed by atoms with Crippen molar-refractivity contribution in [3.63, 3.8) is 0 Å². The van der Waals surface area contributed by atoms with Crippen LogP contribution in [0, 0.1) is 11.8 Å². The number of amides is 1. The van der Waals surface area contributed by atoms with Crippen molar-refractivity contribution in [2.75, 3.05) is 5.75 Å². The van der Waals surface area contributed by atoms with Crippen LogP contribution in [0.3, 0.4) is 0 Å². The molecule has 8 heteroatoms. The van der Waals surface area contributed by atoms with Crippen molar-refractivity contribution in [1.29, 1.82) is 0 Å². The number of carboxylic acids is 1. The highest BCUT2D eigenvalue weighted by atomic mass is 32.2. The third-order valence-corrected chi connectivity index (χ3v) is 5.27. The number of hydrogen-bond acceptors (Lipinski definition) is 4. The fourth-order valence-corrected chi connectivity index (χ4v) is 3.83. The highest BCUT2D eigenvalue weighted by molar-refractivity contribution is 7.90. The maximum Gasteiger partial charge on any atom is 0.326 e. The van der Waals surface area contributed by atoms with Gasteiger partial charge in [0.2, 0.25) is 15.9 Å². The summed E-state index contributed by atoms with van der Waals surface area (Å²) in [5.74, 6) is -2.42. The molecule has 1 amide bonds. The molecule has 0 radical (unpaired) electrons. The molecule has 0 aromatic rings. The maximum atomic E-state index is 12.0. The molecule has 0 aliphatic heterocycles. The van der Waals surface area contributed by atoms with E-state index in [9.17, 15) is 18.0 Å². The molecule has 3 N–H and O–H groups in total. The van der Waals surface area contributed by atoms with Crippen LogP contribution in [0.4, 0.5) is 0 Å². The van der Waals surface area contributed by atoms with Gasteiger partial charge in [-0.2, -0.15) is 0 Å². The molecule has 1 rings (SSSR count). The minimum atomic E-state index is -3.75. The van der Waals surface area contributed by atoms with Gasteiger partial charge in [0.15, 0.2) is 0 Å². The summed E-state index contributed by atoms with van der Waals surface area (Å²) in [5.41, 5.74) is 0. The molecule has 0 saturated heterocycles. The lowest BCUT2D eigenvalue weighted by Gasteiger charge is -2.26. The van der Waals surface area contributed by atoms with E-state index < -0.39 is 33.7 Å². The van der Waals surface area contributed by atoms with E-state index in [1.807, 2.05) is 0 Å². The molecule has 128 valence electrons. The average molecular weight is 334 g/mol. The first-order chi connectivity index (χ1) is 10.1. The van der Waals surface area contributed by atoms with Crippen LogP contribution in [-0.2, 0) is 19.6 Å². The minimum absolute atomic E-state index is 0.130. The van der Waals surface area contributed by atoms with Gasteiger partial charge in [-0.3, -0.25) is 4.79 Å². The van der Waals surface area contributed by atoms with Crippen LogP contribution in [-0.4, -0.2) is 43.2 Å². The van der Waals surface area contributed by atoms with E-state index in [4.69, 9.17) is 5.11 Å². The number of hydrogen-bond donors (Lipinski definition) is 3. The first kappa shape index (κ1) is 18.9. The molecule has 1 fully saturated rings. The lowest BCUT2D eigenvalue weighted by atomic mass is 9.88. The molecule has 0 unspecified atom stereocenters.